The number of hydrogen-bond acceptors (Lipinski definition) is 8. The zero-order chi connectivity index (χ0) is 20.2. The lowest BCUT2D eigenvalue weighted by Crippen LogP contribution is -2.39. The molecule has 1 aliphatic rings. The molecule has 1 amide bonds. The van der Waals surface area contributed by atoms with Crippen LogP contribution in [0.25, 0.3) is 11.6 Å². The quantitative estimate of drug-likeness (QED) is 0.468. The topological polar surface area (TPSA) is 97.9 Å². The van der Waals surface area contributed by atoms with E-state index in [1.807, 2.05) is 43.0 Å². The van der Waals surface area contributed by atoms with Crippen LogP contribution in [-0.2, 0) is 4.79 Å². The number of carbonyl (C=O) groups excluding carboxylic acids is 1. The van der Waals surface area contributed by atoms with Gasteiger partial charge in [-0.1, -0.05) is 23.0 Å². The average molecular weight is 411 g/mol. The number of rotatable bonds is 5. The summed E-state index contributed by atoms with van der Waals surface area (Å²) in [6.45, 7) is 5.24. The molecule has 0 atom stereocenters. The fraction of sp³-hybridized carbons (Fsp3) is 0.400. The van der Waals surface area contributed by atoms with Gasteiger partial charge in [0.05, 0.1) is 5.75 Å². The summed E-state index contributed by atoms with van der Waals surface area (Å²) in [7, 11) is 0. The first-order chi connectivity index (χ1) is 14.1. The molecule has 0 saturated carbocycles. The minimum Gasteiger partial charge on any atom is -0.342 e. The van der Waals surface area contributed by atoms with Crippen molar-refractivity contribution in [2.45, 2.75) is 37.8 Å². The van der Waals surface area contributed by atoms with Crippen LogP contribution in [0, 0.1) is 13.8 Å². The van der Waals surface area contributed by atoms with Gasteiger partial charge in [-0.15, -0.1) is 0 Å². The molecule has 8 nitrogen and oxygen atoms in total. The van der Waals surface area contributed by atoms with Crippen LogP contribution >= 0.6 is 11.8 Å². The number of carbonyl (C=O) groups is 1. The highest BCUT2D eigenvalue weighted by Gasteiger charge is 2.27. The molecule has 4 heterocycles. The Labute approximate surface area is 173 Å². The zero-order valence-electron chi connectivity index (χ0n) is 16.4. The fourth-order valence-electron chi connectivity index (χ4n) is 3.36. The first-order valence-corrected chi connectivity index (χ1v) is 10.5. The molecule has 0 radical (unpaired) electrons. The Hall–Kier alpha value is -2.81. The van der Waals surface area contributed by atoms with Crippen LogP contribution in [0.3, 0.4) is 0 Å². The van der Waals surface area contributed by atoms with E-state index in [1.165, 1.54) is 11.8 Å². The van der Waals surface area contributed by atoms with E-state index in [-0.39, 0.29) is 11.8 Å². The van der Waals surface area contributed by atoms with Crippen LogP contribution in [0.15, 0.2) is 40.1 Å². The number of hydrogen-bond donors (Lipinski definition) is 0. The summed E-state index contributed by atoms with van der Waals surface area (Å²) in [5, 5.41) is 4.78. The number of piperidine rings is 1. The normalized spacial score (nSPS) is 14.9. The molecule has 1 fully saturated rings. The predicted octanol–water partition coefficient (Wildman–Crippen LogP) is 3.04. The molecular weight excluding hydrogens is 388 g/mol. The van der Waals surface area contributed by atoms with Gasteiger partial charge in [0, 0.05) is 36.6 Å². The molecule has 0 aromatic carbocycles. The molecule has 0 spiro atoms. The van der Waals surface area contributed by atoms with E-state index >= 15 is 0 Å². The third-order valence-electron chi connectivity index (χ3n) is 4.83. The minimum atomic E-state index is 0.110. The molecule has 1 aliphatic heterocycles. The van der Waals surface area contributed by atoms with Crippen LogP contribution in [-0.4, -0.2) is 54.7 Å². The number of likely N-dealkylation sites (tertiary alicyclic amines) is 1. The van der Waals surface area contributed by atoms with Crippen molar-refractivity contribution in [1.82, 2.24) is 30.0 Å². The van der Waals surface area contributed by atoms with E-state index in [4.69, 9.17) is 4.52 Å². The van der Waals surface area contributed by atoms with Crippen molar-refractivity contribution in [2.75, 3.05) is 18.8 Å². The predicted molar refractivity (Wildman–Crippen MR) is 108 cm³/mol. The first kappa shape index (κ1) is 19.5. The van der Waals surface area contributed by atoms with Gasteiger partial charge in [0.25, 0.3) is 5.89 Å². The molecule has 0 bridgehead atoms. The van der Waals surface area contributed by atoms with Crippen molar-refractivity contribution in [3.63, 3.8) is 0 Å². The van der Waals surface area contributed by atoms with E-state index < -0.39 is 0 Å². The molecule has 9 heteroatoms. The van der Waals surface area contributed by atoms with E-state index in [0.717, 1.165) is 24.2 Å². The number of aryl methyl sites for hydroxylation is 2. The van der Waals surface area contributed by atoms with Gasteiger partial charge >= 0.3 is 0 Å². The number of pyridine rings is 1. The smallest absolute Gasteiger partial charge is 0.276 e. The van der Waals surface area contributed by atoms with Crippen molar-refractivity contribution >= 4 is 17.7 Å². The maximum atomic E-state index is 12.6. The Morgan fingerprint density at radius 3 is 2.62 bits per heavy atom. The largest absolute Gasteiger partial charge is 0.342 e. The Balaban J connectivity index is 1.30. The summed E-state index contributed by atoms with van der Waals surface area (Å²) < 4.78 is 5.36. The van der Waals surface area contributed by atoms with Crippen LogP contribution < -0.4 is 0 Å². The van der Waals surface area contributed by atoms with Crippen LogP contribution in [0.1, 0.15) is 36.0 Å². The molecule has 3 aromatic rings. The second-order valence-corrected chi connectivity index (χ2v) is 7.99. The van der Waals surface area contributed by atoms with Gasteiger partial charge in [0.1, 0.15) is 5.69 Å². The summed E-state index contributed by atoms with van der Waals surface area (Å²) in [5.74, 6) is 1.77. The zero-order valence-corrected chi connectivity index (χ0v) is 17.2. The monoisotopic (exact) mass is 410 g/mol. The van der Waals surface area contributed by atoms with Gasteiger partial charge in [-0.25, -0.2) is 9.97 Å². The van der Waals surface area contributed by atoms with E-state index in [9.17, 15) is 4.79 Å². The lowest BCUT2D eigenvalue weighted by atomic mass is 9.96. The SMILES string of the molecule is Cc1cc(C)nc(SCC(=O)N2CCC(c3noc(-c4ccccn4)n3)CC2)n1. The minimum absolute atomic E-state index is 0.110. The second-order valence-electron chi connectivity index (χ2n) is 7.05. The van der Waals surface area contributed by atoms with Crippen LogP contribution in [0.5, 0.6) is 0 Å². The molecule has 3 aromatic heterocycles. The van der Waals surface area contributed by atoms with Crippen molar-refractivity contribution in [1.29, 1.82) is 0 Å². The third-order valence-corrected chi connectivity index (χ3v) is 5.66. The molecule has 0 aliphatic carbocycles. The number of amides is 1. The van der Waals surface area contributed by atoms with E-state index in [2.05, 4.69) is 25.1 Å². The molecule has 29 heavy (non-hydrogen) atoms. The maximum Gasteiger partial charge on any atom is 0.276 e. The molecule has 0 N–H and O–H groups in total. The fourth-order valence-corrected chi connectivity index (χ4v) is 4.21. The van der Waals surface area contributed by atoms with E-state index in [1.54, 1.807) is 6.20 Å². The van der Waals surface area contributed by atoms with Gasteiger partial charge < -0.3 is 9.42 Å². The lowest BCUT2D eigenvalue weighted by Gasteiger charge is -2.30. The average Bonchev–Trinajstić information content (AvgIpc) is 3.22. The lowest BCUT2D eigenvalue weighted by molar-refractivity contribution is -0.129. The molecule has 0 unspecified atom stereocenters. The Morgan fingerprint density at radius 2 is 1.93 bits per heavy atom. The highest BCUT2D eigenvalue weighted by molar-refractivity contribution is 7.99. The second kappa shape index (κ2) is 8.69. The van der Waals surface area contributed by atoms with Gasteiger partial charge in [0.15, 0.2) is 11.0 Å². The van der Waals surface area contributed by atoms with Gasteiger partial charge in [-0.05, 0) is 44.9 Å². The summed E-state index contributed by atoms with van der Waals surface area (Å²) in [6.07, 6.45) is 3.33. The summed E-state index contributed by atoms with van der Waals surface area (Å²) in [4.78, 5) is 32.0. The highest BCUT2D eigenvalue weighted by atomic mass is 32.2. The van der Waals surface area contributed by atoms with Crippen molar-refractivity contribution < 1.29 is 9.32 Å². The van der Waals surface area contributed by atoms with Crippen LogP contribution in [0.4, 0.5) is 0 Å². The van der Waals surface area contributed by atoms with Gasteiger partial charge in [0.2, 0.25) is 5.91 Å². The first-order valence-electron chi connectivity index (χ1n) is 9.56. The molecule has 150 valence electrons. The van der Waals surface area contributed by atoms with Gasteiger partial charge in [-0.2, -0.15) is 4.98 Å². The highest BCUT2D eigenvalue weighted by Crippen LogP contribution is 2.28. The van der Waals surface area contributed by atoms with Gasteiger partial charge in [-0.3, -0.25) is 9.78 Å². The summed E-state index contributed by atoms with van der Waals surface area (Å²) >= 11 is 1.39. The molecule has 4 rings (SSSR count). The maximum absolute atomic E-state index is 12.6. The Bertz CT molecular complexity index is 965. The van der Waals surface area contributed by atoms with Crippen molar-refractivity contribution in [3.05, 3.63) is 47.7 Å². The Morgan fingerprint density at radius 1 is 1.17 bits per heavy atom. The number of thioether (sulfide) groups is 1. The van der Waals surface area contributed by atoms with E-state index in [0.29, 0.717) is 41.4 Å². The number of nitrogens with zero attached hydrogens (tertiary/aromatic N) is 6. The summed E-state index contributed by atoms with van der Waals surface area (Å²) in [5.41, 5.74) is 2.50. The molecule has 1 saturated heterocycles. The summed E-state index contributed by atoms with van der Waals surface area (Å²) in [6, 6.07) is 7.50. The number of aromatic nitrogens is 5. The van der Waals surface area contributed by atoms with Crippen LogP contribution in [0.2, 0.25) is 0 Å². The van der Waals surface area contributed by atoms with Crippen molar-refractivity contribution in [2.24, 2.45) is 0 Å². The Kier molecular flexibility index (Phi) is 5.84. The standard InChI is InChI=1S/C20H22N6O2S/c1-13-11-14(2)23-20(22-13)29-12-17(27)26-9-6-15(7-10-26)18-24-19(28-25-18)16-5-3-4-8-21-16/h3-5,8,11,15H,6-7,9-10,12H2,1-2H3. The molecular formula is C20H22N6O2S. The third kappa shape index (κ3) is 4.79. The van der Waals surface area contributed by atoms with Crippen molar-refractivity contribution in [3.8, 4) is 11.6 Å².